The molecule has 3 aliphatic rings. The van der Waals surface area contributed by atoms with Gasteiger partial charge in [-0.25, -0.2) is 4.79 Å². The summed E-state index contributed by atoms with van der Waals surface area (Å²) in [5.74, 6) is 0.865. The predicted octanol–water partition coefficient (Wildman–Crippen LogP) is 2.45. The molecule has 196 valence electrons. The lowest BCUT2D eigenvalue weighted by Gasteiger charge is -2.14. The number of carbonyl (C=O) groups is 2. The molecule has 8 nitrogen and oxygen atoms in total. The number of allylic oxidation sites excluding steroid dienone is 2. The molecule has 0 spiro atoms. The van der Waals surface area contributed by atoms with E-state index < -0.39 is 7.12 Å². The van der Waals surface area contributed by atoms with E-state index in [9.17, 15) is 9.59 Å². The molecule has 2 heterocycles. The topological polar surface area (TPSA) is 120 Å². The molecule has 2 aliphatic heterocycles. The Morgan fingerprint density at radius 3 is 2.34 bits per heavy atom. The first kappa shape index (κ1) is 31.0. The van der Waals surface area contributed by atoms with Crippen molar-refractivity contribution in [1.29, 1.82) is 0 Å². The Hall–Kier alpha value is -2.01. The van der Waals surface area contributed by atoms with E-state index in [4.69, 9.17) is 14.8 Å². The van der Waals surface area contributed by atoms with Crippen molar-refractivity contribution in [3.8, 4) is 0 Å². The van der Waals surface area contributed by atoms with Crippen LogP contribution >= 0.6 is 11.8 Å². The van der Waals surface area contributed by atoms with Crippen molar-refractivity contribution in [1.82, 2.24) is 16.0 Å². The highest BCUT2D eigenvalue weighted by molar-refractivity contribution is 8.00. The largest absolute Gasteiger partial charge is 0.488 e. The molecule has 2 fully saturated rings. The van der Waals surface area contributed by atoms with E-state index in [0.717, 1.165) is 5.75 Å². The lowest BCUT2D eigenvalue weighted by Crippen LogP contribution is -2.35. The first-order valence-corrected chi connectivity index (χ1v) is 13.4. The first-order valence-electron chi connectivity index (χ1n) is 12.4. The Balaban J connectivity index is 0.000000256. The molecule has 4 rings (SSSR count). The average Bonchev–Trinajstić information content (AvgIpc) is 3.40. The van der Waals surface area contributed by atoms with Gasteiger partial charge < -0.3 is 30.7 Å². The number of amides is 3. The zero-order valence-electron chi connectivity index (χ0n) is 21.6. The second-order valence-corrected chi connectivity index (χ2v) is 9.61. The van der Waals surface area contributed by atoms with Crippen LogP contribution in [-0.4, -0.2) is 72.5 Å². The molecule has 1 aromatic carbocycles. The predicted molar refractivity (Wildman–Crippen MR) is 145 cm³/mol. The first-order chi connectivity index (χ1) is 16.8. The van der Waals surface area contributed by atoms with Crippen LogP contribution in [0.2, 0.25) is 0 Å². The van der Waals surface area contributed by atoms with Gasteiger partial charge in [-0.15, -0.1) is 0 Å². The number of urea groups is 1. The number of ether oxygens (including phenoxy) is 1. The van der Waals surface area contributed by atoms with Gasteiger partial charge in [-0.05, 0) is 49.7 Å². The van der Waals surface area contributed by atoms with Crippen LogP contribution in [0, 0.1) is 0 Å². The highest BCUT2D eigenvalue weighted by atomic mass is 32.2. The Bertz CT molecular complexity index is 779. The molecule has 1 aromatic rings. The molecule has 2 saturated heterocycles. The molecular weight excluding hydrogens is 465 g/mol. The monoisotopic (exact) mass is 507 g/mol. The van der Waals surface area contributed by atoms with Gasteiger partial charge in [0.15, 0.2) is 0 Å². The van der Waals surface area contributed by atoms with Crippen molar-refractivity contribution in [3.05, 3.63) is 42.0 Å². The lowest BCUT2D eigenvalue weighted by molar-refractivity contribution is 0.0864. The van der Waals surface area contributed by atoms with Crippen molar-refractivity contribution in [2.75, 3.05) is 19.9 Å². The molecule has 0 bridgehead atoms. The Morgan fingerprint density at radius 2 is 1.77 bits per heavy atom. The van der Waals surface area contributed by atoms with E-state index in [1.54, 1.807) is 0 Å². The number of thioether (sulfide) groups is 1. The molecule has 1 aliphatic carbocycles. The van der Waals surface area contributed by atoms with Crippen molar-refractivity contribution in [2.24, 2.45) is 0 Å². The summed E-state index contributed by atoms with van der Waals surface area (Å²) in [7, 11) is 1.87. The van der Waals surface area contributed by atoms with E-state index in [2.05, 4.69) is 35.0 Å². The van der Waals surface area contributed by atoms with Gasteiger partial charge in [-0.2, -0.15) is 11.8 Å². The third-order valence-electron chi connectivity index (χ3n) is 5.84. The summed E-state index contributed by atoms with van der Waals surface area (Å²) < 4.78 is 5.29. The summed E-state index contributed by atoms with van der Waals surface area (Å²) in [6.45, 7) is 6.16. The highest BCUT2D eigenvalue weighted by Gasteiger charge is 2.40. The Labute approximate surface area is 214 Å². The summed E-state index contributed by atoms with van der Waals surface area (Å²) >= 11 is 1.91. The van der Waals surface area contributed by atoms with Gasteiger partial charge in [0.25, 0.3) is 5.91 Å². The maximum atomic E-state index is 11.1. The van der Waals surface area contributed by atoms with Crippen LogP contribution < -0.4 is 21.4 Å². The Morgan fingerprint density at radius 1 is 1.11 bits per heavy atom. The molecule has 5 N–H and O–H groups in total. The van der Waals surface area contributed by atoms with Crippen molar-refractivity contribution in [3.63, 3.8) is 0 Å². The lowest BCUT2D eigenvalue weighted by atomic mass is 9.80. The zero-order chi connectivity index (χ0) is 26.2. The fourth-order valence-electron chi connectivity index (χ4n) is 3.81. The summed E-state index contributed by atoms with van der Waals surface area (Å²) in [6, 6.07) is 6.82. The van der Waals surface area contributed by atoms with Gasteiger partial charge in [0.2, 0.25) is 0 Å². The normalized spacial score (nSPS) is 25.2. The molecule has 0 radical (unpaired) electrons. The van der Waals surface area contributed by atoms with Gasteiger partial charge in [-0.1, -0.05) is 45.1 Å². The average molecular weight is 508 g/mol. The minimum Gasteiger partial charge on any atom is -0.423 e. The van der Waals surface area contributed by atoms with Crippen LogP contribution in [0.4, 0.5) is 4.79 Å². The van der Waals surface area contributed by atoms with Gasteiger partial charge in [0.1, 0.15) is 0 Å². The number of hydrogen-bond acceptors (Lipinski definition) is 6. The van der Waals surface area contributed by atoms with Gasteiger partial charge in [0, 0.05) is 30.7 Å². The van der Waals surface area contributed by atoms with Crippen molar-refractivity contribution < 1.29 is 24.4 Å². The summed E-state index contributed by atoms with van der Waals surface area (Å²) in [4.78, 5) is 21.8. The minimum atomic E-state index is -1.49. The number of methoxy groups -OCH3 is 1. The second-order valence-electron chi connectivity index (χ2n) is 8.20. The smallest absolute Gasteiger partial charge is 0.423 e. The molecule has 35 heavy (non-hydrogen) atoms. The van der Waals surface area contributed by atoms with Crippen molar-refractivity contribution >= 4 is 36.3 Å². The van der Waals surface area contributed by atoms with Gasteiger partial charge in [0.05, 0.1) is 18.2 Å². The SMILES string of the molecule is CC.CC1SCC2NC(=O)NC21.CNC(=O)c1ccc(B(O)O)cc1.COC1CC/C=C/CCC1. The third-order valence-corrected chi connectivity index (χ3v) is 7.21. The fourth-order valence-corrected chi connectivity index (χ4v) is 5.08. The second kappa shape index (κ2) is 17.4. The third kappa shape index (κ3) is 11.1. The molecule has 3 amide bonds. The number of benzene rings is 1. The molecule has 4 unspecified atom stereocenters. The van der Waals surface area contributed by atoms with Crippen LogP contribution in [0.3, 0.4) is 0 Å². The summed E-state index contributed by atoms with van der Waals surface area (Å²) in [5, 5.41) is 26.3. The number of carbonyl (C=O) groups excluding carboxylic acids is 2. The van der Waals surface area contributed by atoms with E-state index in [1.807, 2.05) is 32.7 Å². The number of nitrogens with one attached hydrogen (secondary N) is 3. The van der Waals surface area contributed by atoms with E-state index in [1.165, 1.54) is 63.4 Å². The van der Waals surface area contributed by atoms with E-state index in [0.29, 0.717) is 34.5 Å². The van der Waals surface area contributed by atoms with Crippen LogP contribution in [-0.2, 0) is 4.74 Å². The molecule has 0 aromatic heterocycles. The molecule has 4 atom stereocenters. The van der Waals surface area contributed by atoms with E-state index in [-0.39, 0.29) is 11.9 Å². The van der Waals surface area contributed by atoms with Gasteiger partial charge >= 0.3 is 13.1 Å². The Kier molecular flexibility index (Phi) is 15.4. The van der Waals surface area contributed by atoms with Crippen LogP contribution in [0.5, 0.6) is 0 Å². The van der Waals surface area contributed by atoms with Crippen LogP contribution in [0.1, 0.15) is 63.2 Å². The standard InChI is InChI=1S/C9H16O.C8H10BNO3.C6H10N2OS.C2H6/c1-10-9-7-5-3-2-4-6-8-9;1-10-8(11)6-2-4-7(5-3-6)9(12)13;1-3-5-4(2-10-3)7-6(9)8-5;1-2/h2-3,9H,4-8H2,1H3;2-5,12-13H,1H3,(H,10,11);3-5H,2H2,1H3,(H2,7,8,9);1-2H3/b3-2+;;;. The number of rotatable bonds is 3. The fraction of sp³-hybridized carbons (Fsp3) is 0.600. The zero-order valence-corrected chi connectivity index (χ0v) is 22.4. The maximum Gasteiger partial charge on any atom is 0.488 e. The molecule has 10 heteroatoms. The minimum absolute atomic E-state index is 0.00199. The quantitative estimate of drug-likeness (QED) is 0.244. The van der Waals surface area contributed by atoms with E-state index >= 15 is 0 Å². The maximum absolute atomic E-state index is 11.1. The van der Waals surface area contributed by atoms with Crippen LogP contribution in [0.15, 0.2) is 36.4 Å². The highest BCUT2D eigenvalue weighted by Crippen LogP contribution is 2.28. The van der Waals surface area contributed by atoms with Crippen LogP contribution in [0.25, 0.3) is 0 Å². The van der Waals surface area contributed by atoms with Crippen molar-refractivity contribution in [2.45, 2.75) is 76.3 Å². The molecular formula is C25H42BN3O5S. The number of hydrogen-bond donors (Lipinski definition) is 5. The van der Waals surface area contributed by atoms with Gasteiger partial charge in [-0.3, -0.25) is 4.79 Å². The summed E-state index contributed by atoms with van der Waals surface area (Å²) in [6.07, 6.45) is 11.2. The summed E-state index contributed by atoms with van der Waals surface area (Å²) in [5.41, 5.74) is 0.861. The molecule has 0 saturated carbocycles. The number of fused-ring (bicyclic) bond motifs is 1.